The van der Waals surface area contributed by atoms with Gasteiger partial charge in [-0.2, -0.15) is 0 Å². The van der Waals surface area contributed by atoms with Gasteiger partial charge in [-0.05, 0) is 28.3 Å². The molecule has 3 nitrogen and oxygen atoms in total. The van der Waals surface area contributed by atoms with Crippen molar-refractivity contribution < 1.29 is 14.7 Å². The summed E-state index contributed by atoms with van der Waals surface area (Å²) >= 11 is 0. The van der Waals surface area contributed by atoms with Gasteiger partial charge in [-0.1, -0.05) is 60.7 Å². The predicted molar refractivity (Wildman–Crippen MR) is 98.4 cm³/mol. The number of fused-ring (bicyclic) bond motifs is 2. The van der Waals surface area contributed by atoms with Crippen molar-refractivity contribution in [3.8, 4) is 5.75 Å². The van der Waals surface area contributed by atoms with E-state index in [1.54, 1.807) is 30.3 Å². The summed E-state index contributed by atoms with van der Waals surface area (Å²) in [6.45, 7) is 0. The highest BCUT2D eigenvalue weighted by atomic mass is 16.3. The minimum absolute atomic E-state index is 0.0966. The normalized spacial score (nSPS) is 10.9. The number of hydrogen-bond donors (Lipinski definition) is 1. The van der Waals surface area contributed by atoms with Crippen LogP contribution in [0.3, 0.4) is 0 Å². The summed E-state index contributed by atoms with van der Waals surface area (Å²) in [5.41, 5.74) is 1.07. The molecule has 0 atom stereocenters. The molecular weight excluding hydrogens is 312 g/mol. The number of aldehydes is 1. The highest BCUT2D eigenvalue weighted by Crippen LogP contribution is 2.32. The van der Waals surface area contributed by atoms with E-state index in [0.717, 1.165) is 10.8 Å². The molecule has 0 heterocycles. The van der Waals surface area contributed by atoms with Crippen LogP contribution in [0.15, 0.2) is 72.8 Å². The quantitative estimate of drug-likeness (QED) is 0.437. The molecule has 4 aromatic carbocycles. The van der Waals surface area contributed by atoms with E-state index in [0.29, 0.717) is 28.2 Å². The van der Waals surface area contributed by atoms with Crippen molar-refractivity contribution >= 4 is 33.6 Å². The summed E-state index contributed by atoms with van der Waals surface area (Å²) < 4.78 is 0. The second-order valence-corrected chi connectivity index (χ2v) is 5.92. The van der Waals surface area contributed by atoms with Crippen LogP contribution in [0.5, 0.6) is 5.75 Å². The van der Waals surface area contributed by atoms with Gasteiger partial charge in [0.1, 0.15) is 5.75 Å². The Morgan fingerprint density at radius 2 is 1.48 bits per heavy atom. The monoisotopic (exact) mass is 326 g/mol. The number of phenolic OH excluding ortho intramolecular Hbond substituents is 1. The molecule has 0 fully saturated rings. The zero-order valence-corrected chi connectivity index (χ0v) is 13.3. The fourth-order valence-electron chi connectivity index (χ4n) is 3.15. The molecule has 0 radical (unpaired) electrons. The van der Waals surface area contributed by atoms with Gasteiger partial charge < -0.3 is 5.11 Å². The van der Waals surface area contributed by atoms with Gasteiger partial charge in [0, 0.05) is 16.5 Å². The van der Waals surface area contributed by atoms with Crippen molar-refractivity contribution in [2.24, 2.45) is 0 Å². The minimum atomic E-state index is -0.176. The van der Waals surface area contributed by atoms with Crippen molar-refractivity contribution in [1.29, 1.82) is 0 Å². The molecule has 4 rings (SSSR count). The number of carbonyl (C=O) groups excluding carboxylic acids is 2. The van der Waals surface area contributed by atoms with Gasteiger partial charge in [0.25, 0.3) is 0 Å². The van der Waals surface area contributed by atoms with Gasteiger partial charge in [0.15, 0.2) is 12.1 Å². The van der Waals surface area contributed by atoms with Crippen molar-refractivity contribution in [2.45, 2.75) is 0 Å². The van der Waals surface area contributed by atoms with Crippen LogP contribution in [0.1, 0.15) is 26.3 Å². The smallest absolute Gasteiger partial charge is 0.193 e. The van der Waals surface area contributed by atoms with E-state index in [9.17, 15) is 14.7 Å². The Labute approximate surface area is 144 Å². The predicted octanol–water partition coefficient (Wildman–Crippen LogP) is 4.74. The highest BCUT2D eigenvalue weighted by molar-refractivity contribution is 6.19. The fraction of sp³-hybridized carbons (Fsp3) is 0. The maximum atomic E-state index is 13.1. The number of phenols is 1. The highest BCUT2D eigenvalue weighted by Gasteiger charge is 2.17. The molecule has 0 saturated carbocycles. The summed E-state index contributed by atoms with van der Waals surface area (Å²) in [6.07, 6.45) is 0.568. The van der Waals surface area contributed by atoms with Gasteiger partial charge in [0.2, 0.25) is 0 Å². The van der Waals surface area contributed by atoms with E-state index in [-0.39, 0.29) is 17.1 Å². The summed E-state index contributed by atoms with van der Waals surface area (Å²) in [4.78, 5) is 24.4. The standard InChI is InChI=1S/C22H14O3/c23-13-17-12-20(18-7-3-4-8-19(18)22(17)25)21(24)16-10-9-14-5-1-2-6-15(14)11-16/h1-13,25H. The molecule has 0 aromatic heterocycles. The number of carbonyl (C=O) groups is 2. The van der Waals surface area contributed by atoms with Crippen molar-refractivity contribution in [2.75, 3.05) is 0 Å². The first-order valence-electron chi connectivity index (χ1n) is 7.92. The van der Waals surface area contributed by atoms with E-state index < -0.39 is 0 Å². The maximum Gasteiger partial charge on any atom is 0.193 e. The zero-order valence-electron chi connectivity index (χ0n) is 13.3. The lowest BCUT2D eigenvalue weighted by Gasteiger charge is -2.10. The summed E-state index contributed by atoms with van der Waals surface area (Å²) in [5.74, 6) is -0.272. The van der Waals surface area contributed by atoms with E-state index >= 15 is 0 Å². The van der Waals surface area contributed by atoms with Gasteiger partial charge >= 0.3 is 0 Å². The molecule has 0 aliphatic rings. The fourth-order valence-corrected chi connectivity index (χ4v) is 3.15. The molecule has 0 saturated heterocycles. The van der Waals surface area contributed by atoms with Crippen LogP contribution in [0.25, 0.3) is 21.5 Å². The topological polar surface area (TPSA) is 54.4 Å². The Morgan fingerprint density at radius 3 is 2.24 bits per heavy atom. The minimum Gasteiger partial charge on any atom is -0.507 e. The average molecular weight is 326 g/mol. The number of rotatable bonds is 3. The molecule has 0 unspecified atom stereocenters. The summed E-state index contributed by atoms with van der Waals surface area (Å²) in [7, 11) is 0. The SMILES string of the molecule is O=Cc1cc(C(=O)c2ccc3ccccc3c2)c2ccccc2c1O. The zero-order chi connectivity index (χ0) is 17.4. The lowest BCUT2D eigenvalue weighted by Crippen LogP contribution is -2.04. The molecule has 0 bridgehead atoms. The second-order valence-electron chi connectivity index (χ2n) is 5.92. The average Bonchev–Trinajstić information content (AvgIpc) is 2.67. The molecule has 120 valence electrons. The van der Waals surface area contributed by atoms with Crippen molar-refractivity contribution in [1.82, 2.24) is 0 Å². The van der Waals surface area contributed by atoms with Crippen LogP contribution in [0, 0.1) is 0 Å². The maximum absolute atomic E-state index is 13.1. The third-order valence-electron chi connectivity index (χ3n) is 4.43. The first-order chi connectivity index (χ1) is 12.2. The third-order valence-corrected chi connectivity index (χ3v) is 4.43. The van der Waals surface area contributed by atoms with Crippen LogP contribution in [-0.2, 0) is 0 Å². The number of aromatic hydroxyl groups is 1. The van der Waals surface area contributed by atoms with E-state index in [4.69, 9.17) is 0 Å². The Balaban J connectivity index is 1.95. The molecule has 0 amide bonds. The van der Waals surface area contributed by atoms with Crippen LogP contribution < -0.4 is 0 Å². The molecule has 1 N–H and O–H groups in total. The van der Waals surface area contributed by atoms with Crippen molar-refractivity contribution in [3.63, 3.8) is 0 Å². The molecular formula is C22H14O3. The summed E-state index contributed by atoms with van der Waals surface area (Å²) in [5, 5.41) is 13.4. The number of hydrogen-bond acceptors (Lipinski definition) is 3. The first kappa shape index (κ1) is 15.1. The van der Waals surface area contributed by atoms with Crippen LogP contribution in [0.2, 0.25) is 0 Å². The Hall–Kier alpha value is -3.46. The molecule has 25 heavy (non-hydrogen) atoms. The van der Waals surface area contributed by atoms with Crippen LogP contribution in [-0.4, -0.2) is 17.2 Å². The first-order valence-corrected chi connectivity index (χ1v) is 7.92. The van der Waals surface area contributed by atoms with Gasteiger partial charge in [-0.25, -0.2) is 0 Å². The van der Waals surface area contributed by atoms with Crippen molar-refractivity contribution in [3.05, 3.63) is 89.5 Å². The van der Waals surface area contributed by atoms with Gasteiger partial charge in [-0.3, -0.25) is 9.59 Å². The molecule has 0 aliphatic heterocycles. The third kappa shape index (κ3) is 2.46. The number of benzene rings is 4. The summed E-state index contributed by atoms with van der Waals surface area (Å²) in [6, 6.07) is 21.9. The van der Waals surface area contributed by atoms with Gasteiger partial charge in [-0.15, -0.1) is 0 Å². The Morgan fingerprint density at radius 1 is 0.800 bits per heavy atom. The largest absolute Gasteiger partial charge is 0.507 e. The van der Waals surface area contributed by atoms with E-state index in [1.165, 1.54) is 6.07 Å². The van der Waals surface area contributed by atoms with E-state index in [2.05, 4.69) is 0 Å². The second kappa shape index (κ2) is 5.87. The molecule has 0 aliphatic carbocycles. The van der Waals surface area contributed by atoms with Crippen LogP contribution >= 0.6 is 0 Å². The lowest BCUT2D eigenvalue weighted by molar-refractivity contribution is 0.104. The lowest BCUT2D eigenvalue weighted by atomic mass is 9.93. The molecule has 4 aromatic rings. The Kier molecular flexibility index (Phi) is 3.55. The number of ketones is 1. The van der Waals surface area contributed by atoms with Gasteiger partial charge in [0.05, 0.1) is 5.56 Å². The molecule has 0 spiro atoms. The van der Waals surface area contributed by atoms with E-state index in [1.807, 2.05) is 36.4 Å². The Bertz CT molecular complexity index is 1140. The molecule has 3 heteroatoms. The van der Waals surface area contributed by atoms with Crippen LogP contribution in [0.4, 0.5) is 0 Å².